The van der Waals surface area contributed by atoms with Gasteiger partial charge in [0, 0.05) is 0 Å². The summed E-state index contributed by atoms with van der Waals surface area (Å²) in [7, 11) is 4.46. The van der Waals surface area contributed by atoms with Crippen molar-refractivity contribution in [2.24, 2.45) is 0 Å². The van der Waals surface area contributed by atoms with Crippen LogP contribution >= 0.6 is 0 Å². The van der Waals surface area contributed by atoms with E-state index in [2.05, 4.69) is 5.32 Å². The van der Waals surface area contributed by atoms with Gasteiger partial charge in [0.15, 0.2) is 17.5 Å². The first kappa shape index (κ1) is 19.1. The molecule has 0 bridgehead atoms. The molecule has 7 nitrogen and oxygen atoms in total. The Labute approximate surface area is 151 Å². The van der Waals surface area contributed by atoms with E-state index in [9.17, 15) is 14.7 Å². The summed E-state index contributed by atoms with van der Waals surface area (Å²) >= 11 is 0. The van der Waals surface area contributed by atoms with Gasteiger partial charge < -0.3 is 24.6 Å². The number of carbonyl (C=O) groups excluding carboxylic acids is 1. The van der Waals surface area contributed by atoms with Crippen LogP contribution in [0.4, 0.5) is 0 Å². The normalized spacial score (nSPS) is 11.3. The first-order chi connectivity index (χ1) is 12.5. The molecule has 138 valence electrons. The third-order valence-corrected chi connectivity index (χ3v) is 3.77. The van der Waals surface area contributed by atoms with Gasteiger partial charge >= 0.3 is 5.97 Å². The summed E-state index contributed by atoms with van der Waals surface area (Å²) in [5.41, 5.74) is 1.10. The third kappa shape index (κ3) is 4.44. The summed E-state index contributed by atoms with van der Waals surface area (Å²) in [4.78, 5) is 23.9. The second-order valence-electron chi connectivity index (χ2n) is 5.46. The van der Waals surface area contributed by atoms with E-state index in [-0.39, 0.29) is 6.42 Å². The molecule has 7 heteroatoms. The Bertz CT molecular complexity index is 750. The monoisotopic (exact) mass is 359 g/mol. The molecule has 0 aliphatic heterocycles. The molecule has 2 aromatic carbocycles. The Balaban J connectivity index is 2.20. The molecule has 0 aliphatic carbocycles. The molecule has 0 spiro atoms. The van der Waals surface area contributed by atoms with Crippen molar-refractivity contribution in [2.45, 2.75) is 12.5 Å². The highest BCUT2D eigenvalue weighted by Crippen LogP contribution is 2.38. The number of carboxylic acid groups (broad SMARTS) is 1. The second-order valence-corrected chi connectivity index (χ2v) is 5.46. The van der Waals surface area contributed by atoms with Crippen LogP contribution < -0.4 is 19.5 Å². The van der Waals surface area contributed by atoms with E-state index >= 15 is 0 Å². The molecule has 1 atom stereocenters. The van der Waals surface area contributed by atoms with Crippen molar-refractivity contribution in [3.8, 4) is 17.2 Å². The number of ether oxygens (including phenoxy) is 3. The Hall–Kier alpha value is -3.22. The SMILES string of the molecule is COc1cc(CC(=O)N[C@@H](C(=O)O)c2ccccc2)cc(OC)c1OC. The van der Waals surface area contributed by atoms with E-state index in [1.165, 1.54) is 21.3 Å². The summed E-state index contributed by atoms with van der Waals surface area (Å²) in [6, 6.07) is 10.7. The predicted molar refractivity (Wildman–Crippen MR) is 94.8 cm³/mol. The molecule has 0 unspecified atom stereocenters. The molecule has 2 aromatic rings. The van der Waals surface area contributed by atoms with Crippen LogP contribution in [0.15, 0.2) is 42.5 Å². The molecule has 0 fully saturated rings. The Morgan fingerprint density at radius 2 is 1.58 bits per heavy atom. The molecule has 1 amide bonds. The number of carboxylic acids is 1. The van der Waals surface area contributed by atoms with Gasteiger partial charge in [-0.3, -0.25) is 4.79 Å². The number of benzene rings is 2. The first-order valence-electron chi connectivity index (χ1n) is 7.86. The highest BCUT2D eigenvalue weighted by Gasteiger charge is 2.22. The highest BCUT2D eigenvalue weighted by atomic mass is 16.5. The topological polar surface area (TPSA) is 94.1 Å². The second kappa shape index (κ2) is 8.75. The maximum absolute atomic E-state index is 12.4. The quantitative estimate of drug-likeness (QED) is 0.750. The van der Waals surface area contributed by atoms with Gasteiger partial charge in [0.2, 0.25) is 11.7 Å². The molecule has 0 saturated carbocycles. The molecule has 26 heavy (non-hydrogen) atoms. The van der Waals surface area contributed by atoms with Gasteiger partial charge in [-0.1, -0.05) is 30.3 Å². The molecule has 0 aliphatic rings. The summed E-state index contributed by atoms with van der Waals surface area (Å²) in [5, 5.41) is 11.9. The van der Waals surface area contributed by atoms with Crippen molar-refractivity contribution in [1.82, 2.24) is 5.32 Å². The summed E-state index contributed by atoms with van der Waals surface area (Å²) in [6.45, 7) is 0. The Morgan fingerprint density at radius 1 is 1.00 bits per heavy atom. The predicted octanol–water partition coefficient (Wildman–Crippen LogP) is 2.20. The van der Waals surface area contributed by atoms with Gasteiger partial charge in [-0.05, 0) is 23.3 Å². The summed E-state index contributed by atoms with van der Waals surface area (Å²) in [6.07, 6.45) is -0.0344. The van der Waals surface area contributed by atoms with Crippen molar-refractivity contribution in [3.63, 3.8) is 0 Å². The summed E-state index contributed by atoms with van der Waals surface area (Å²) < 4.78 is 15.8. The lowest BCUT2D eigenvalue weighted by Gasteiger charge is -2.16. The lowest BCUT2D eigenvalue weighted by atomic mass is 10.1. The van der Waals surface area contributed by atoms with Crippen LogP contribution in [0.5, 0.6) is 17.2 Å². The van der Waals surface area contributed by atoms with E-state index in [0.29, 0.717) is 28.4 Å². The fraction of sp³-hybridized carbons (Fsp3) is 0.263. The number of carbonyl (C=O) groups is 2. The fourth-order valence-electron chi connectivity index (χ4n) is 2.57. The zero-order chi connectivity index (χ0) is 19.1. The Morgan fingerprint density at radius 3 is 2.04 bits per heavy atom. The standard InChI is InChI=1S/C19H21NO6/c1-24-14-9-12(10-15(25-2)18(14)26-3)11-16(21)20-17(19(22)23)13-7-5-4-6-8-13/h4-10,17H,11H2,1-3H3,(H,20,21)(H,22,23)/t17-/m1/s1. The third-order valence-electron chi connectivity index (χ3n) is 3.77. The lowest BCUT2D eigenvalue weighted by molar-refractivity contribution is -0.141. The van der Waals surface area contributed by atoms with Crippen molar-refractivity contribution >= 4 is 11.9 Å². The van der Waals surface area contributed by atoms with Crippen LogP contribution in [0, 0.1) is 0 Å². The van der Waals surface area contributed by atoms with Gasteiger partial charge in [0.05, 0.1) is 27.8 Å². The molecule has 0 saturated heterocycles. The van der Waals surface area contributed by atoms with Crippen molar-refractivity contribution < 1.29 is 28.9 Å². The maximum Gasteiger partial charge on any atom is 0.330 e. The number of hydrogen-bond donors (Lipinski definition) is 2. The van der Waals surface area contributed by atoms with Crippen LogP contribution in [0.3, 0.4) is 0 Å². The smallest absolute Gasteiger partial charge is 0.330 e. The highest BCUT2D eigenvalue weighted by molar-refractivity contribution is 5.86. The minimum absolute atomic E-state index is 0.0344. The molecular formula is C19H21NO6. The van der Waals surface area contributed by atoms with Crippen LogP contribution in [-0.4, -0.2) is 38.3 Å². The molecule has 2 rings (SSSR count). The van der Waals surface area contributed by atoms with Crippen molar-refractivity contribution in [3.05, 3.63) is 53.6 Å². The van der Waals surface area contributed by atoms with Crippen molar-refractivity contribution in [1.29, 1.82) is 0 Å². The van der Waals surface area contributed by atoms with E-state index in [0.717, 1.165) is 0 Å². The average Bonchev–Trinajstić information content (AvgIpc) is 2.65. The summed E-state index contributed by atoms with van der Waals surface area (Å²) in [5.74, 6) is -0.295. The fourth-order valence-corrected chi connectivity index (χ4v) is 2.57. The minimum atomic E-state index is -1.13. The van der Waals surface area contributed by atoms with Crippen LogP contribution in [0.25, 0.3) is 0 Å². The largest absolute Gasteiger partial charge is 0.493 e. The van der Waals surface area contributed by atoms with E-state index < -0.39 is 17.9 Å². The molecule has 2 N–H and O–H groups in total. The molecule has 0 radical (unpaired) electrons. The van der Waals surface area contributed by atoms with Crippen LogP contribution in [0.1, 0.15) is 17.2 Å². The maximum atomic E-state index is 12.4. The molecular weight excluding hydrogens is 338 g/mol. The van der Waals surface area contributed by atoms with E-state index in [1.54, 1.807) is 42.5 Å². The van der Waals surface area contributed by atoms with E-state index in [4.69, 9.17) is 14.2 Å². The van der Waals surface area contributed by atoms with Gasteiger partial charge in [0.25, 0.3) is 0 Å². The van der Waals surface area contributed by atoms with Crippen molar-refractivity contribution in [2.75, 3.05) is 21.3 Å². The number of amides is 1. The molecule has 0 aromatic heterocycles. The number of rotatable bonds is 8. The lowest BCUT2D eigenvalue weighted by Crippen LogP contribution is -2.34. The number of aliphatic carboxylic acids is 1. The zero-order valence-corrected chi connectivity index (χ0v) is 14.8. The minimum Gasteiger partial charge on any atom is -0.493 e. The zero-order valence-electron chi connectivity index (χ0n) is 14.8. The molecule has 0 heterocycles. The first-order valence-corrected chi connectivity index (χ1v) is 7.86. The number of methoxy groups -OCH3 is 3. The Kier molecular flexibility index (Phi) is 6.43. The van der Waals surface area contributed by atoms with Gasteiger partial charge in [-0.25, -0.2) is 4.79 Å². The van der Waals surface area contributed by atoms with Gasteiger partial charge in [-0.15, -0.1) is 0 Å². The number of nitrogens with one attached hydrogen (secondary N) is 1. The average molecular weight is 359 g/mol. The van der Waals surface area contributed by atoms with E-state index in [1.807, 2.05) is 0 Å². The van der Waals surface area contributed by atoms with Gasteiger partial charge in [0.1, 0.15) is 0 Å². The van der Waals surface area contributed by atoms with Gasteiger partial charge in [-0.2, -0.15) is 0 Å². The van der Waals surface area contributed by atoms with Crippen LogP contribution in [-0.2, 0) is 16.0 Å². The number of hydrogen-bond acceptors (Lipinski definition) is 5. The van der Waals surface area contributed by atoms with Crippen LogP contribution in [0.2, 0.25) is 0 Å².